The van der Waals surface area contributed by atoms with Crippen molar-refractivity contribution < 1.29 is 4.42 Å². The van der Waals surface area contributed by atoms with Crippen LogP contribution in [0.25, 0.3) is 0 Å². The van der Waals surface area contributed by atoms with E-state index < -0.39 is 0 Å². The standard InChI is InChI=1S/C18H30N2O/c1-4-16-12-19-18(3,15-8-9-15)13-20(16)14(2)7-10-17-6-5-11-21-17/h5-6,11,14-16,19H,4,7-10,12-13H2,1-3H3. The first kappa shape index (κ1) is 15.1. The van der Waals surface area contributed by atoms with E-state index in [9.17, 15) is 0 Å². The molecule has 21 heavy (non-hydrogen) atoms. The van der Waals surface area contributed by atoms with Crippen molar-refractivity contribution in [2.75, 3.05) is 13.1 Å². The fourth-order valence-corrected chi connectivity index (χ4v) is 3.89. The normalized spacial score (nSPS) is 32.2. The quantitative estimate of drug-likeness (QED) is 0.870. The van der Waals surface area contributed by atoms with Gasteiger partial charge in [-0.25, -0.2) is 0 Å². The largest absolute Gasteiger partial charge is 0.469 e. The lowest BCUT2D eigenvalue weighted by Gasteiger charge is -2.49. The number of piperazine rings is 1. The van der Waals surface area contributed by atoms with E-state index in [2.05, 4.69) is 37.1 Å². The molecule has 2 heterocycles. The maximum Gasteiger partial charge on any atom is 0.103 e. The zero-order valence-electron chi connectivity index (χ0n) is 13.8. The van der Waals surface area contributed by atoms with Gasteiger partial charge in [-0.3, -0.25) is 4.90 Å². The Morgan fingerprint density at radius 1 is 1.48 bits per heavy atom. The summed E-state index contributed by atoms with van der Waals surface area (Å²) in [5, 5.41) is 3.85. The zero-order chi connectivity index (χ0) is 14.9. The number of furan rings is 1. The van der Waals surface area contributed by atoms with Crippen LogP contribution in [0.2, 0.25) is 0 Å². The topological polar surface area (TPSA) is 28.4 Å². The molecule has 0 bridgehead atoms. The summed E-state index contributed by atoms with van der Waals surface area (Å²) in [6.07, 6.45) is 8.08. The first-order valence-electron chi connectivity index (χ1n) is 8.65. The van der Waals surface area contributed by atoms with Gasteiger partial charge in [0.2, 0.25) is 0 Å². The highest BCUT2D eigenvalue weighted by Gasteiger charge is 2.46. The third kappa shape index (κ3) is 3.35. The van der Waals surface area contributed by atoms with Crippen LogP contribution >= 0.6 is 0 Å². The van der Waals surface area contributed by atoms with Gasteiger partial charge in [-0.15, -0.1) is 0 Å². The number of aryl methyl sites for hydroxylation is 1. The van der Waals surface area contributed by atoms with E-state index in [0.29, 0.717) is 17.6 Å². The number of nitrogens with zero attached hydrogens (tertiary/aromatic N) is 1. The SMILES string of the molecule is CCC1CNC(C)(C2CC2)CN1C(C)CCc1ccco1. The average Bonchev–Trinajstić information content (AvgIpc) is 3.23. The predicted molar refractivity (Wildman–Crippen MR) is 86.4 cm³/mol. The second-order valence-electron chi connectivity index (χ2n) is 7.27. The third-order valence-corrected chi connectivity index (χ3v) is 5.63. The number of hydrogen-bond donors (Lipinski definition) is 1. The van der Waals surface area contributed by atoms with Crippen molar-refractivity contribution in [2.45, 2.75) is 70.5 Å². The summed E-state index contributed by atoms with van der Waals surface area (Å²) in [4.78, 5) is 2.76. The smallest absolute Gasteiger partial charge is 0.103 e. The molecule has 2 fully saturated rings. The molecule has 3 rings (SSSR count). The Hall–Kier alpha value is -0.800. The maximum absolute atomic E-state index is 5.48. The molecule has 1 aromatic rings. The minimum Gasteiger partial charge on any atom is -0.469 e. The molecule has 0 amide bonds. The minimum absolute atomic E-state index is 0.338. The van der Waals surface area contributed by atoms with Gasteiger partial charge < -0.3 is 9.73 Å². The van der Waals surface area contributed by atoms with Crippen LogP contribution in [0.5, 0.6) is 0 Å². The number of rotatable bonds is 6. The first-order valence-corrected chi connectivity index (χ1v) is 8.65. The summed E-state index contributed by atoms with van der Waals surface area (Å²) < 4.78 is 5.48. The summed E-state index contributed by atoms with van der Waals surface area (Å²) in [5.41, 5.74) is 0.338. The first-order chi connectivity index (χ1) is 10.1. The van der Waals surface area contributed by atoms with E-state index in [0.717, 1.165) is 24.6 Å². The average molecular weight is 290 g/mol. The van der Waals surface area contributed by atoms with Crippen molar-refractivity contribution in [1.82, 2.24) is 10.2 Å². The van der Waals surface area contributed by atoms with Crippen molar-refractivity contribution in [1.29, 1.82) is 0 Å². The van der Waals surface area contributed by atoms with E-state index in [1.807, 2.05) is 6.07 Å². The van der Waals surface area contributed by atoms with Gasteiger partial charge in [0.25, 0.3) is 0 Å². The number of nitrogens with one attached hydrogen (secondary N) is 1. The van der Waals surface area contributed by atoms with Crippen LogP contribution in [-0.2, 0) is 6.42 Å². The third-order valence-electron chi connectivity index (χ3n) is 5.63. The van der Waals surface area contributed by atoms with Crippen LogP contribution in [0.4, 0.5) is 0 Å². The molecular weight excluding hydrogens is 260 g/mol. The molecule has 3 atom stereocenters. The fraction of sp³-hybridized carbons (Fsp3) is 0.778. The van der Waals surface area contributed by atoms with Gasteiger partial charge in [0.1, 0.15) is 5.76 Å². The Labute approximate surface area is 129 Å². The van der Waals surface area contributed by atoms with Crippen LogP contribution < -0.4 is 5.32 Å². The highest BCUT2D eigenvalue weighted by molar-refractivity contribution is 5.05. The van der Waals surface area contributed by atoms with E-state index in [4.69, 9.17) is 4.42 Å². The van der Waals surface area contributed by atoms with E-state index in [1.165, 1.54) is 32.2 Å². The summed E-state index contributed by atoms with van der Waals surface area (Å²) in [5.74, 6) is 2.02. The van der Waals surface area contributed by atoms with Crippen molar-refractivity contribution in [3.05, 3.63) is 24.2 Å². The van der Waals surface area contributed by atoms with Gasteiger partial charge in [0.05, 0.1) is 6.26 Å². The van der Waals surface area contributed by atoms with Crippen molar-refractivity contribution in [3.63, 3.8) is 0 Å². The van der Waals surface area contributed by atoms with Crippen LogP contribution in [0, 0.1) is 5.92 Å². The Balaban J connectivity index is 1.61. The fourth-order valence-electron chi connectivity index (χ4n) is 3.89. The van der Waals surface area contributed by atoms with Gasteiger partial charge in [0, 0.05) is 37.1 Å². The molecule has 1 aromatic heterocycles. The summed E-state index contributed by atoms with van der Waals surface area (Å²) in [6.45, 7) is 9.50. The Morgan fingerprint density at radius 3 is 2.90 bits per heavy atom. The van der Waals surface area contributed by atoms with Crippen LogP contribution in [0.15, 0.2) is 22.8 Å². The maximum atomic E-state index is 5.48. The minimum atomic E-state index is 0.338. The summed E-state index contributed by atoms with van der Waals surface area (Å²) >= 11 is 0. The molecule has 1 saturated carbocycles. The molecule has 0 spiro atoms. The Morgan fingerprint density at radius 2 is 2.29 bits per heavy atom. The molecule has 3 unspecified atom stereocenters. The summed E-state index contributed by atoms with van der Waals surface area (Å²) in [7, 11) is 0. The van der Waals surface area contributed by atoms with Crippen molar-refractivity contribution >= 4 is 0 Å². The van der Waals surface area contributed by atoms with E-state index in [-0.39, 0.29) is 0 Å². The molecular formula is C18H30N2O. The van der Waals surface area contributed by atoms with Gasteiger partial charge in [-0.1, -0.05) is 6.92 Å². The zero-order valence-corrected chi connectivity index (χ0v) is 13.8. The van der Waals surface area contributed by atoms with Crippen LogP contribution in [0.3, 0.4) is 0 Å². The summed E-state index contributed by atoms with van der Waals surface area (Å²) in [6, 6.07) is 5.39. The van der Waals surface area contributed by atoms with Gasteiger partial charge in [-0.05, 0) is 57.6 Å². The van der Waals surface area contributed by atoms with E-state index >= 15 is 0 Å². The second-order valence-corrected chi connectivity index (χ2v) is 7.27. The highest BCUT2D eigenvalue weighted by atomic mass is 16.3. The molecule has 3 heteroatoms. The van der Waals surface area contributed by atoms with Gasteiger partial charge >= 0.3 is 0 Å². The molecule has 3 nitrogen and oxygen atoms in total. The van der Waals surface area contributed by atoms with Crippen molar-refractivity contribution in [2.24, 2.45) is 5.92 Å². The van der Waals surface area contributed by atoms with E-state index in [1.54, 1.807) is 6.26 Å². The molecule has 0 aromatic carbocycles. The van der Waals surface area contributed by atoms with Gasteiger partial charge in [-0.2, -0.15) is 0 Å². The molecule has 1 aliphatic heterocycles. The lowest BCUT2D eigenvalue weighted by atomic mass is 9.89. The highest BCUT2D eigenvalue weighted by Crippen LogP contribution is 2.42. The molecule has 2 aliphatic rings. The number of hydrogen-bond acceptors (Lipinski definition) is 3. The Bertz CT molecular complexity index is 440. The second kappa shape index (κ2) is 6.13. The lowest BCUT2D eigenvalue weighted by molar-refractivity contribution is 0.0392. The van der Waals surface area contributed by atoms with Gasteiger partial charge in [0.15, 0.2) is 0 Å². The monoisotopic (exact) mass is 290 g/mol. The molecule has 1 aliphatic carbocycles. The molecule has 118 valence electrons. The Kier molecular flexibility index (Phi) is 4.41. The van der Waals surface area contributed by atoms with Crippen LogP contribution in [0.1, 0.15) is 52.2 Å². The predicted octanol–water partition coefficient (Wildman–Crippen LogP) is 3.45. The molecule has 0 radical (unpaired) electrons. The molecule has 1 saturated heterocycles. The molecule has 1 N–H and O–H groups in total. The van der Waals surface area contributed by atoms with Crippen molar-refractivity contribution in [3.8, 4) is 0 Å². The van der Waals surface area contributed by atoms with Crippen LogP contribution in [-0.4, -0.2) is 35.6 Å². The lowest BCUT2D eigenvalue weighted by Crippen LogP contribution is -2.65.